The van der Waals surface area contributed by atoms with Crippen molar-refractivity contribution in [2.24, 2.45) is 0 Å². The van der Waals surface area contributed by atoms with Crippen molar-refractivity contribution in [3.8, 4) is 22.3 Å². The Bertz CT molecular complexity index is 1660. The Morgan fingerprint density at radius 2 is 1.46 bits per heavy atom. The number of halogens is 1. The minimum Gasteiger partial charge on any atom is -0.481 e. The smallest absolute Gasteiger partial charge is 0.305 e. The number of aliphatic hydroxyl groups excluding tert-OH is 2. The number of carboxylic acid groups (broad SMARTS) is 1. The molecule has 0 unspecified atom stereocenters. The van der Waals surface area contributed by atoms with E-state index in [2.05, 4.69) is 5.32 Å². The third kappa shape index (κ3) is 8.07. The molecule has 2 atom stereocenters. The number of carboxylic acids is 1. The maximum Gasteiger partial charge on any atom is 0.305 e. The molecule has 3 aromatic carbocycles. The second kappa shape index (κ2) is 15.0. The van der Waals surface area contributed by atoms with E-state index in [-0.39, 0.29) is 31.2 Å². The van der Waals surface area contributed by atoms with Gasteiger partial charge in [-0.2, -0.15) is 0 Å². The molecule has 46 heavy (non-hydrogen) atoms. The normalized spacial score (nSPS) is 12.5. The summed E-state index contributed by atoms with van der Waals surface area (Å²) in [5, 5.41) is 32.9. The summed E-state index contributed by atoms with van der Waals surface area (Å²) in [6.45, 7) is 3.89. The molecule has 0 aliphatic heterocycles. The van der Waals surface area contributed by atoms with Crippen LogP contribution in [0, 0.1) is 5.82 Å². The van der Waals surface area contributed by atoms with Crippen molar-refractivity contribution in [2.75, 3.05) is 19.4 Å². The van der Waals surface area contributed by atoms with Gasteiger partial charge in [0, 0.05) is 48.2 Å². The highest BCUT2D eigenvalue weighted by molar-refractivity contribution is 6.11. The zero-order valence-corrected chi connectivity index (χ0v) is 26.4. The topological polar surface area (TPSA) is 132 Å². The minimum absolute atomic E-state index is 0.119. The van der Waals surface area contributed by atoms with Gasteiger partial charge in [0.25, 0.3) is 11.8 Å². The molecule has 0 bridgehead atoms. The molecule has 1 heterocycles. The third-order valence-corrected chi connectivity index (χ3v) is 7.70. The van der Waals surface area contributed by atoms with Crippen LogP contribution in [0.5, 0.6) is 0 Å². The van der Waals surface area contributed by atoms with Gasteiger partial charge < -0.3 is 30.1 Å². The summed E-state index contributed by atoms with van der Waals surface area (Å²) in [4.78, 5) is 39.2. The van der Waals surface area contributed by atoms with Gasteiger partial charge in [0.15, 0.2) is 0 Å². The first-order valence-electron chi connectivity index (χ1n) is 15.2. The van der Waals surface area contributed by atoms with E-state index in [9.17, 15) is 29.0 Å². The number of rotatable bonds is 13. The van der Waals surface area contributed by atoms with Crippen LogP contribution in [0.2, 0.25) is 0 Å². The fourth-order valence-electron chi connectivity index (χ4n) is 5.65. The Kier molecular flexibility index (Phi) is 11.1. The van der Waals surface area contributed by atoms with Gasteiger partial charge >= 0.3 is 5.97 Å². The number of benzene rings is 3. The summed E-state index contributed by atoms with van der Waals surface area (Å²) in [6, 6.07) is 21.8. The third-order valence-electron chi connectivity index (χ3n) is 7.70. The lowest BCUT2D eigenvalue weighted by atomic mass is 9.92. The maximum absolute atomic E-state index is 14.3. The SMILES string of the molecule is CC(C)n1c(CC[C@@H](O)C[C@@H](O)CC(=O)O)c(-c2ccc(F)cc2)c(-c2ccccc2)c1C(=O)Nc1ccc(C(=O)N(C)C)cc1. The highest BCUT2D eigenvalue weighted by Gasteiger charge is 2.30. The number of aliphatic carboxylic acids is 1. The Morgan fingerprint density at radius 3 is 2.02 bits per heavy atom. The van der Waals surface area contributed by atoms with E-state index >= 15 is 0 Å². The lowest BCUT2D eigenvalue weighted by Gasteiger charge is -2.20. The summed E-state index contributed by atoms with van der Waals surface area (Å²) in [5.74, 6) is -2.13. The van der Waals surface area contributed by atoms with E-state index in [0.29, 0.717) is 33.6 Å². The summed E-state index contributed by atoms with van der Waals surface area (Å²) < 4.78 is 16.0. The molecule has 0 saturated heterocycles. The Hall–Kier alpha value is -4.80. The van der Waals surface area contributed by atoms with Crippen LogP contribution in [-0.2, 0) is 11.2 Å². The van der Waals surface area contributed by atoms with Crippen molar-refractivity contribution in [2.45, 2.75) is 57.8 Å². The van der Waals surface area contributed by atoms with Gasteiger partial charge in [0.1, 0.15) is 11.5 Å². The van der Waals surface area contributed by atoms with Gasteiger partial charge in [-0.3, -0.25) is 14.4 Å². The number of aliphatic hydroxyl groups is 2. The maximum atomic E-state index is 14.3. The molecule has 1 aromatic heterocycles. The summed E-state index contributed by atoms with van der Waals surface area (Å²) in [5.41, 5.74) is 4.83. The first-order valence-corrected chi connectivity index (χ1v) is 15.2. The number of amides is 2. The quantitative estimate of drug-likeness (QED) is 0.143. The van der Waals surface area contributed by atoms with Gasteiger partial charge in [-0.05, 0) is 80.6 Å². The summed E-state index contributed by atoms with van der Waals surface area (Å²) in [7, 11) is 3.33. The Balaban J connectivity index is 1.86. The summed E-state index contributed by atoms with van der Waals surface area (Å²) >= 11 is 0. The van der Waals surface area contributed by atoms with Gasteiger partial charge in [-0.25, -0.2) is 4.39 Å². The molecule has 10 heteroatoms. The number of aromatic nitrogens is 1. The second-order valence-electron chi connectivity index (χ2n) is 11.8. The molecule has 0 saturated carbocycles. The first-order chi connectivity index (χ1) is 21.9. The number of hydrogen-bond acceptors (Lipinski definition) is 5. The molecule has 242 valence electrons. The molecular formula is C36H40FN3O6. The van der Waals surface area contributed by atoms with Gasteiger partial charge in [0.2, 0.25) is 0 Å². The number of carbonyl (C=O) groups excluding carboxylic acids is 2. The molecule has 4 aromatic rings. The van der Waals surface area contributed by atoms with E-state index in [1.165, 1.54) is 17.0 Å². The monoisotopic (exact) mass is 629 g/mol. The standard InChI is InChI=1S/C36H40FN3O6/c1-22(2)40-30(19-18-28(41)20-29(42)21-31(43)44)32(24-10-14-26(37)15-11-24)33(23-8-6-5-7-9-23)34(40)35(45)38-27-16-12-25(13-17-27)36(46)39(3)4/h5-17,22,28-29,41-42H,18-21H2,1-4H3,(H,38,45)(H,43,44)/t28-,29-/m1/s1. The van der Waals surface area contributed by atoms with Crippen molar-refractivity contribution in [3.63, 3.8) is 0 Å². The lowest BCUT2D eigenvalue weighted by molar-refractivity contribution is -0.139. The molecule has 4 N–H and O–H groups in total. The fraction of sp³-hybridized carbons (Fsp3) is 0.306. The van der Waals surface area contributed by atoms with E-state index < -0.39 is 36.3 Å². The molecule has 2 amide bonds. The van der Waals surface area contributed by atoms with Gasteiger partial charge in [0.05, 0.1) is 18.6 Å². The van der Waals surface area contributed by atoms with Crippen LogP contribution in [0.15, 0.2) is 78.9 Å². The minimum atomic E-state index is -1.21. The molecular weight excluding hydrogens is 589 g/mol. The number of nitrogens with zero attached hydrogens (tertiary/aromatic N) is 2. The predicted molar refractivity (Wildman–Crippen MR) is 175 cm³/mol. The molecule has 9 nitrogen and oxygen atoms in total. The number of carbonyl (C=O) groups is 3. The van der Waals surface area contributed by atoms with Gasteiger partial charge in [-0.1, -0.05) is 42.5 Å². The average molecular weight is 630 g/mol. The Morgan fingerprint density at radius 1 is 0.848 bits per heavy atom. The number of hydrogen-bond donors (Lipinski definition) is 4. The van der Waals surface area contributed by atoms with E-state index in [1.54, 1.807) is 50.5 Å². The first kappa shape index (κ1) is 34.1. The molecule has 0 radical (unpaired) electrons. The van der Waals surface area contributed by atoms with Crippen LogP contribution in [-0.4, -0.2) is 68.9 Å². The Labute approximate surface area is 267 Å². The van der Waals surface area contributed by atoms with Crippen LogP contribution in [0.1, 0.15) is 65.7 Å². The highest BCUT2D eigenvalue weighted by atomic mass is 19.1. The van der Waals surface area contributed by atoms with E-state index in [4.69, 9.17) is 5.11 Å². The zero-order valence-electron chi connectivity index (χ0n) is 26.4. The van der Waals surface area contributed by atoms with Crippen LogP contribution in [0.3, 0.4) is 0 Å². The number of nitrogens with one attached hydrogen (secondary N) is 1. The van der Waals surface area contributed by atoms with Crippen LogP contribution in [0.4, 0.5) is 10.1 Å². The van der Waals surface area contributed by atoms with Crippen LogP contribution in [0.25, 0.3) is 22.3 Å². The van der Waals surface area contributed by atoms with Crippen molar-refractivity contribution >= 4 is 23.5 Å². The largest absolute Gasteiger partial charge is 0.481 e. The fourth-order valence-corrected chi connectivity index (χ4v) is 5.65. The zero-order chi connectivity index (χ0) is 33.5. The molecule has 0 spiro atoms. The summed E-state index contributed by atoms with van der Waals surface area (Å²) in [6.07, 6.45) is -2.36. The lowest BCUT2D eigenvalue weighted by Crippen LogP contribution is -2.23. The van der Waals surface area contributed by atoms with E-state index in [0.717, 1.165) is 11.3 Å². The molecule has 0 aliphatic carbocycles. The van der Waals surface area contributed by atoms with Crippen molar-refractivity contribution in [1.29, 1.82) is 0 Å². The predicted octanol–water partition coefficient (Wildman–Crippen LogP) is 6.02. The molecule has 0 aliphatic rings. The molecule has 0 fully saturated rings. The van der Waals surface area contributed by atoms with Crippen molar-refractivity contribution in [3.05, 3.63) is 102 Å². The van der Waals surface area contributed by atoms with E-state index in [1.807, 2.05) is 48.7 Å². The van der Waals surface area contributed by atoms with Gasteiger partial charge in [-0.15, -0.1) is 0 Å². The van der Waals surface area contributed by atoms with Crippen LogP contribution < -0.4 is 5.32 Å². The van der Waals surface area contributed by atoms with Crippen molar-refractivity contribution in [1.82, 2.24) is 9.47 Å². The van der Waals surface area contributed by atoms with Crippen LogP contribution >= 0.6 is 0 Å². The average Bonchev–Trinajstić information content (AvgIpc) is 3.36. The molecule has 4 rings (SSSR count). The highest BCUT2D eigenvalue weighted by Crippen LogP contribution is 2.43. The number of anilines is 1. The van der Waals surface area contributed by atoms with Crippen molar-refractivity contribution < 1.29 is 34.1 Å². The second-order valence-corrected chi connectivity index (χ2v) is 11.8.